The highest BCUT2D eigenvalue weighted by atomic mass is 32.1. The highest BCUT2D eigenvalue weighted by Crippen LogP contribution is 2.35. The van der Waals surface area contributed by atoms with E-state index in [0.29, 0.717) is 33.6 Å². The van der Waals surface area contributed by atoms with E-state index in [2.05, 4.69) is 10.3 Å². The SMILES string of the molecule is COc1ccc(-c2csc(NC(=O)c3occc3COc3ccccc3)n2)c(OC)c1. The number of amides is 1. The molecule has 0 aliphatic heterocycles. The van der Waals surface area contributed by atoms with Gasteiger partial charge in [-0.25, -0.2) is 4.98 Å². The first kappa shape index (κ1) is 20.5. The summed E-state index contributed by atoms with van der Waals surface area (Å²) in [7, 11) is 3.18. The maximum atomic E-state index is 12.7. The first-order chi connectivity index (χ1) is 15.2. The number of nitrogens with one attached hydrogen (secondary N) is 1. The molecule has 7 nitrogen and oxygen atoms in total. The number of para-hydroxylation sites is 1. The van der Waals surface area contributed by atoms with Crippen LogP contribution in [0, 0.1) is 0 Å². The Labute approximate surface area is 183 Å². The maximum Gasteiger partial charge on any atom is 0.293 e. The highest BCUT2D eigenvalue weighted by Gasteiger charge is 2.18. The van der Waals surface area contributed by atoms with Gasteiger partial charge in [-0.15, -0.1) is 11.3 Å². The van der Waals surface area contributed by atoms with Gasteiger partial charge in [-0.05, 0) is 30.3 Å². The molecule has 2 heterocycles. The maximum absolute atomic E-state index is 12.7. The van der Waals surface area contributed by atoms with Crippen LogP contribution >= 0.6 is 11.3 Å². The number of hydrogen-bond donors (Lipinski definition) is 1. The molecule has 2 aromatic heterocycles. The van der Waals surface area contributed by atoms with Gasteiger partial charge < -0.3 is 18.6 Å². The van der Waals surface area contributed by atoms with Crippen LogP contribution in [-0.2, 0) is 6.61 Å². The molecule has 0 atom stereocenters. The summed E-state index contributed by atoms with van der Waals surface area (Å²) in [6.07, 6.45) is 1.47. The molecule has 0 unspecified atom stereocenters. The van der Waals surface area contributed by atoms with E-state index in [0.717, 1.165) is 5.56 Å². The van der Waals surface area contributed by atoms with Gasteiger partial charge in [-0.2, -0.15) is 0 Å². The van der Waals surface area contributed by atoms with Crippen molar-refractivity contribution < 1.29 is 23.4 Å². The van der Waals surface area contributed by atoms with Crippen LogP contribution in [0.1, 0.15) is 16.1 Å². The van der Waals surface area contributed by atoms with Crippen molar-refractivity contribution in [1.82, 2.24) is 4.98 Å². The monoisotopic (exact) mass is 436 g/mol. The summed E-state index contributed by atoms with van der Waals surface area (Å²) in [6.45, 7) is 0.218. The molecule has 158 valence electrons. The zero-order chi connectivity index (χ0) is 21.6. The van der Waals surface area contributed by atoms with Crippen LogP contribution in [0.25, 0.3) is 11.3 Å². The summed E-state index contributed by atoms with van der Waals surface area (Å²) >= 11 is 1.31. The Bertz CT molecular complexity index is 1170. The number of carbonyl (C=O) groups excluding carboxylic acids is 1. The van der Waals surface area contributed by atoms with Crippen LogP contribution in [-0.4, -0.2) is 25.1 Å². The van der Waals surface area contributed by atoms with E-state index in [1.165, 1.54) is 17.6 Å². The number of furan rings is 1. The van der Waals surface area contributed by atoms with Crippen LogP contribution in [0.5, 0.6) is 17.2 Å². The third-order valence-electron chi connectivity index (χ3n) is 4.50. The third-order valence-corrected chi connectivity index (χ3v) is 5.26. The summed E-state index contributed by atoms with van der Waals surface area (Å²) in [5.41, 5.74) is 2.14. The van der Waals surface area contributed by atoms with Gasteiger partial charge in [0.1, 0.15) is 23.9 Å². The molecule has 4 aromatic rings. The van der Waals surface area contributed by atoms with Gasteiger partial charge in [-0.3, -0.25) is 10.1 Å². The number of benzene rings is 2. The molecule has 0 bridgehead atoms. The van der Waals surface area contributed by atoms with E-state index >= 15 is 0 Å². The van der Waals surface area contributed by atoms with E-state index in [9.17, 15) is 4.79 Å². The second-order valence-electron chi connectivity index (χ2n) is 6.43. The van der Waals surface area contributed by atoms with Gasteiger partial charge in [0.15, 0.2) is 10.9 Å². The van der Waals surface area contributed by atoms with E-state index in [1.54, 1.807) is 26.4 Å². The molecular formula is C23H20N2O5S. The quantitative estimate of drug-likeness (QED) is 0.406. The number of anilines is 1. The molecule has 0 aliphatic rings. The predicted octanol–water partition coefficient (Wildman–Crippen LogP) is 5.25. The number of nitrogens with zero attached hydrogens (tertiary/aromatic N) is 1. The third kappa shape index (κ3) is 4.70. The Kier molecular flexibility index (Phi) is 6.18. The van der Waals surface area contributed by atoms with Crippen molar-refractivity contribution in [3.05, 3.63) is 77.6 Å². The molecule has 0 saturated carbocycles. The lowest BCUT2D eigenvalue weighted by molar-refractivity contribution is 0.0993. The Balaban J connectivity index is 1.46. The van der Waals surface area contributed by atoms with Crippen molar-refractivity contribution in [1.29, 1.82) is 0 Å². The van der Waals surface area contributed by atoms with Gasteiger partial charge in [0.2, 0.25) is 0 Å². The van der Waals surface area contributed by atoms with Crippen LogP contribution in [0.15, 0.2) is 70.7 Å². The van der Waals surface area contributed by atoms with Gasteiger partial charge in [-0.1, -0.05) is 18.2 Å². The number of methoxy groups -OCH3 is 2. The second kappa shape index (κ2) is 9.36. The Morgan fingerprint density at radius 1 is 1.06 bits per heavy atom. The van der Waals surface area contributed by atoms with Gasteiger partial charge in [0.05, 0.1) is 26.2 Å². The van der Waals surface area contributed by atoms with Crippen molar-refractivity contribution in [2.24, 2.45) is 0 Å². The van der Waals surface area contributed by atoms with E-state index < -0.39 is 0 Å². The molecule has 31 heavy (non-hydrogen) atoms. The smallest absolute Gasteiger partial charge is 0.293 e. The lowest BCUT2D eigenvalue weighted by Gasteiger charge is -2.08. The number of rotatable bonds is 8. The Morgan fingerprint density at radius 2 is 1.90 bits per heavy atom. The van der Waals surface area contributed by atoms with Crippen LogP contribution < -0.4 is 19.5 Å². The summed E-state index contributed by atoms with van der Waals surface area (Å²) in [5, 5.41) is 5.08. The summed E-state index contributed by atoms with van der Waals surface area (Å²) < 4.78 is 21.8. The average Bonchev–Trinajstić information content (AvgIpc) is 3.47. The van der Waals surface area contributed by atoms with Crippen LogP contribution in [0.4, 0.5) is 5.13 Å². The normalized spacial score (nSPS) is 10.5. The number of thiazole rings is 1. The number of carbonyl (C=O) groups is 1. The molecule has 1 N–H and O–H groups in total. The van der Waals surface area contributed by atoms with E-state index in [4.69, 9.17) is 18.6 Å². The number of ether oxygens (including phenoxy) is 3. The van der Waals surface area contributed by atoms with Crippen molar-refractivity contribution in [3.8, 4) is 28.5 Å². The van der Waals surface area contributed by atoms with Gasteiger partial charge >= 0.3 is 0 Å². The number of hydrogen-bond acceptors (Lipinski definition) is 7. The zero-order valence-electron chi connectivity index (χ0n) is 17.0. The summed E-state index contributed by atoms with van der Waals surface area (Å²) in [4.78, 5) is 17.2. The topological polar surface area (TPSA) is 82.8 Å². The lowest BCUT2D eigenvalue weighted by atomic mass is 10.1. The first-order valence-electron chi connectivity index (χ1n) is 9.41. The fraction of sp³-hybridized carbons (Fsp3) is 0.130. The van der Waals surface area contributed by atoms with Crippen molar-refractivity contribution in [2.45, 2.75) is 6.61 Å². The standard InChI is InChI=1S/C23H20N2O5S/c1-27-17-8-9-18(20(12-17)28-2)19-14-31-23(24-19)25-22(26)21-15(10-11-29-21)13-30-16-6-4-3-5-7-16/h3-12,14H,13H2,1-2H3,(H,24,25,26). The van der Waals surface area contributed by atoms with Gasteiger partial charge in [0.25, 0.3) is 5.91 Å². The van der Waals surface area contributed by atoms with Crippen LogP contribution in [0.2, 0.25) is 0 Å². The fourth-order valence-electron chi connectivity index (χ4n) is 2.95. The lowest BCUT2D eigenvalue weighted by Crippen LogP contribution is -2.13. The molecule has 4 rings (SSSR count). The summed E-state index contributed by atoms with van der Waals surface area (Å²) in [6, 6.07) is 16.6. The Morgan fingerprint density at radius 3 is 2.68 bits per heavy atom. The molecule has 0 fully saturated rings. The fourth-order valence-corrected chi connectivity index (χ4v) is 3.65. The largest absolute Gasteiger partial charge is 0.497 e. The Hall–Kier alpha value is -3.78. The van der Waals surface area contributed by atoms with Gasteiger partial charge in [0, 0.05) is 22.6 Å². The van der Waals surface area contributed by atoms with E-state index in [-0.39, 0.29) is 18.3 Å². The van der Waals surface area contributed by atoms with E-state index in [1.807, 2.05) is 47.8 Å². The van der Waals surface area contributed by atoms with Crippen molar-refractivity contribution >= 4 is 22.4 Å². The molecule has 2 aromatic carbocycles. The average molecular weight is 436 g/mol. The molecule has 0 spiro atoms. The highest BCUT2D eigenvalue weighted by molar-refractivity contribution is 7.14. The molecular weight excluding hydrogens is 416 g/mol. The van der Waals surface area contributed by atoms with Crippen LogP contribution in [0.3, 0.4) is 0 Å². The minimum absolute atomic E-state index is 0.190. The minimum atomic E-state index is -0.390. The first-order valence-corrected chi connectivity index (χ1v) is 10.3. The predicted molar refractivity (Wildman–Crippen MR) is 118 cm³/mol. The molecule has 1 amide bonds. The number of aromatic nitrogens is 1. The molecule has 0 aliphatic carbocycles. The summed E-state index contributed by atoms with van der Waals surface area (Å²) in [5.74, 6) is 1.84. The van der Waals surface area contributed by atoms with Crippen molar-refractivity contribution in [2.75, 3.05) is 19.5 Å². The van der Waals surface area contributed by atoms with Crippen molar-refractivity contribution in [3.63, 3.8) is 0 Å². The zero-order valence-corrected chi connectivity index (χ0v) is 17.8. The molecule has 0 saturated heterocycles. The minimum Gasteiger partial charge on any atom is -0.497 e. The molecule has 8 heteroatoms. The molecule has 0 radical (unpaired) electrons. The second-order valence-corrected chi connectivity index (χ2v) is 7.29.